The second-order valence-corrected chi connectivity index (χ2v) is 8.95. The van der Waals surface area contributed by atoms with E-state index in [0.717, 1.165) is 16.3 Å². The third-order valence-electron chi connectivity index (χ3n) is 6.35. The number of ether oxygens (including phenoxy) is 4. The number of methoxy groups -OCH3 is 2. The first-order chi connectivity index (χ1) is 14.3. The molecule has 0 saturated heterocycles. The lowest BCUT2D eigenvalue weighted by atomic mass is 9.66. The Morgan fingerprint density at radius 1 is 1.13 bits per heavy atom. The van der Waals surface area contributed by atoms with E-state index in [1.807, 2.05) is 44.2 Å². The van der Waals surface area contributed by atoms with Crippen LogP contribution in [0.1, 0.15) is 38.2 Å². The average Bonchev–Trinajstić information content (AvgIpc) is 2.70. The predicted molar refractivity (Wildman–Crippen MR) is 109 cm³/mol. The minimum absolute atomic E-state index is 0.0124. The number of hydrogen-bond acceptors (Lipinski definition) is 6. The van der Waals surface area contributed by atoms with Crippen molar-refractivity contribution >= 4 is 22.5 Å². The monoisotopic (exact) mass is 408 g/mol. The smallest absolute Gasteiger partial charge is 0.317 e. The summed E-state index contributed by atoms with van der Waals surface area (Å²) in [7, 11) is 2.92. The molecule has 1 aliphatic carbocycles. The van der Waals surface area contributed by atoms with Crippen LogP contribution in [0.4, 0.5) is 0 Å². The maximum absolute atomic E-state index is 13.3. The van der Waals surface area contributed by atoms with Gasteiger partial charge in [0.15, 0.2) is 17.3 Å². The Kier molecular flexibility index (Phi) is 4.10. The van der Waals surface area contributed by atoms with Gasteiger partial charge in [0.25, 0.3) is 6.29 Å². The van der Waals surface area contributed by atoms with Crippen LogP contribution in [-0.4, -0.2) is 32.3 Å². The minimum atomic E-state index is -0.870. The number of Topliss-reactive ketones (excluding diaryl/α,β-unsaturated/α-hetero) is 1. The van der Waals surface area contributed by atoms with E-state index < -0.39 is 24.1 Å². The lowest BCUT2D eigenvalue weighted by Gasteiger charge is -2.47. The first-order valence-electron chi connectivity index (χ1n) is 10.1. The third kappa shape index (κ3) is 2.62. The summed E-state index contributed by atoms with van der Waals surface area (Å²) in [6, 6.07) is 9.76. The number of hydrogen-bond donors (Lipinski definition) is 0. The quantitative estimate of drug-likeness (QED) is 0.697. The van der Waals surface area contributed by atoms with E-state index >= 15 is 0 Å². The highest BCUT2D eigenvalue weighted by Crippen LogP contribution is 2.57. The van der Waals surface area contributed by atoms with Crippen molar-refractivity contribution < 1.29 is 28.5 Å². The molecule has 2 heterocycles. The SMILES string of the molecule is COC(=O)C1[C@H]2OC3=C(C(=O)CC(C)(C)C3)[C@@H]1c1c(c(OC)cc3ccccc13)O2. The van der Waals surface area contributed by atoms with E-state index in [-0.39, 0.29) is 11.2 Å². The number of benzene rings is 2. The Morgan fingerprint density at radius 3 is 2.63 bits per heavy atom. The molecule has 2 bridgehead atoms. The topological polar surface area (TPSA) is 71.1 Å². The highest BCUT2D eigenvalue weighted by molar-refractivity contribution is 6.02. The molecule has 3 aliphatic rings. The highest BCUT2D eigenvalue weighted by atomic mass is 16.7. The Bertz CT molecular complexity index is 1110. The van der Waals surface area contributed by atoms with Gasteiger partial charge in [0.1, 0.15) is 11.7 Å². The lowest BCUT2D eigenvalue weighted by molar-refractivity contribution is -0.172. The number of allylic oxidation sites excluding steroid dienone is 2. The van der Waals surface area contributed by atoms with Crippen molar-refractivity contribution in [2.75, 3.05) is 14.2 Å². The van der Waals surface area contributed by atoms with Gasteiger partial charge in [0.2, 0.25) is 0 Å². The molecule has 6 nitrogen and oxygen atoms in total. The van der Waals surface area contributed by atoms with Crippen molar-refractivity contribution in [2.24, 2.45) is 11.3 Å². The number of esters is 1. The van der Waals surface area contributed by atoms with E-state index in [2.05, 4.69) is 0 Å². The molecule has 0 saturated carbocycles. The number of rotatable bonds is 2. The zero-order chi connectivity index (χ0) is 21.2. The molecule has 0 N–H and O–H groups in total. The average molecular weight is 408 g/mol. The number of fused-ring (bicyclic) bond motifs is 7. The van der Waals surface area contributed by atoms with Crippen molar-refractivity contribution in [3.63, 3.8) is 0 Å². The van der Waals surface area contributed by atoms with Gasteiger partial charge in [-0.05, 0) is 22.3 Å². The lowest BCUT2D eigenvalue weighted by Crippen LogP contribution is -2.49. The summed E-state index contributed by atoms with van der Waals surface area (Å²) >= 11 is 0. The van der Waals surface area contributed by atoms with Crippen LogP contribution < -0.4 is 9.47 Å². The van der Waals surface area contributed by atoms with Crippen LogP contribution in [0, 0.1) is 11.3 Å². The van der Waals surface area contributed by atoms with Gasteiger partial charge in [0.05, 0.1) is 14.2 Å². The summed E-state index contributed by atoms with van der Waals surface area (Å²) in [5.41, 5.74) is 1.16. The molecule has 2 aromatic rings. The van der Waals surface area contributed by atoms with Crippen LogP contribution in [-0.2, 0) is 19.1 Å². The molecule has 2 aliphatic heterocycles. The fraction of sp³-hybridized carbons (Fsp3) is 0.417. The van der Waals surface area contributed by atoms with Crippen LogP contribution in [0.5, 0.6) is 11.5 Å². The van der Waals surface area contributed by atoms with Crippen LogP contribution in [0.15, 0.2) is 41.7 Å². The van der Waals surface area contributed by atoms with Gasteiger partial charge >= 0.3 is 5.97 Å². The standard InChI is InChI=1S/C24H24O6/c1-24(2)10-14(25)18-16(11-24)29-23-20(22(26)28-4)19(18)17-13-8-6-5-7-12(13)9-15(27-3)21(17)30-23/h5-9,19-20,23H,10-11H2,1-4H3/t19-,20?,23-/m0/s1. The van der Waals surface area contributed by atoms with Crippen LogP contribution in [0.3, 0.4) is 0 Å². The van der Waals surface area contributed by atoms with Gasteiger partial charge in [0, 0.05) is 29.9 Å². The van der Waals surface area contributed by atoms with E-state index in [1.165, 1.54) is 7.11 Å². The second kappa shape index (κ2) is 6.49. The van der Waals surface area contributed by atoms with Gasteiger partial charge in [-0.2, -0.15) is 0 Å². The molecular weight excluding hydrogens is 384 g/mol. The number of carbonyl (C=O) groups excluding carboxylic acids is 2. The summed E-state index contributed by atoms with van der Waals surface area (Å²) in [5.74, 6) is 0.00306. The van der Waals surface area contributed by atoms with Crippen molar-refractivity contribution in [1.82, 2.24) is 0 Å². The van der Waals surface area contributed by atoms with Gasteiger partial charge in [-0.1, -0.05) is 38.1 Å². The highest BCUT2D eigenvalue weighted by Gasteiger charge is 2.55. The Morgan fingerprint density at radius 2 is 1.90 bits per heavy atom. The first-order valence-corrected chi connectivity index (χ1v) is 10.1. The molecule has 30 heavy (non-hydrogen) atoms. The number of ketones is 1. The number of carbonyl (C=O) groups is 2. The fourth-order valence-electron chi connectivity index (χ4n) is 5.11. The van der Waals surface area contributed by atoms with E-state index in [4.69, 9.17) is 18.9 Å². The molecule has 0 aromatic heterocycles. The summed E-state index contributed by atoms with van der Waals surface area (Å²) in [4.78, 5) is 26.2. The van der Waals surface area contributed by atoms with Gasteiger partial charge in [-0.15, -0.1) is 0 Å². The maximum Gasteiger partial charge on any atom is 0.317 e. The van der Waals surface area contributed by atoms with E-state index in [9.17, 15) is 9.59 Å². The van der Waals surface area contributed by atoms with Gasteiger partial charge in [-0.25, -0.2) is 0 Å². The zero-order valence-corrected chi connectivity index (χ0v) is 17.5. The maximum atomic E-state index is 13.3. The fourth-order valence-corrected chi connectivity index (χ4v) is 5.11. The molecule has 156 valence electrons. The third-order valence-corrected chi connectivity index (χ3v) is 6.35. The normalized spacial score (nSPS) is 26.3. The van der Waals surface area contributed by atoms with Crippen molar-refractivity contribution in [2.45, 2.75) is 38.9 Å². The summed E-state index contributed by atoms with van der Waals surface area (Å²) in [5, 5.41) is 1.88. The Hall–Kier alpha value is -3.02. The van der Waals surface area contributed by atoms with Gasteiger partial charge < -0.3 is 18.9 Å². The Labute approximate surface area is 174 Å². The first kappa shape index (κ1) is 19.0. The molecule has 6 heteroatoms. The molecule has 0 radical (unpaired) electrons. The molecule has 2 aromatic carbocycles. The molecular formula is C24H24O6. The summed E-state index contributed by atoms with van der Waals surface area (Å²) in [6.07, 6.45) is 0.156. The second-order valence-electron chi connectivity index (χ2n) is 8.95. The van der Waals surface area contributed by atoms with Crippen LogP contribution >= 0.6 is 0 Å². The minimum Gasteiger partial charge on any atom is -0.493 e. The van der Waals surface area contributed by atoms with Gasteiger partial charge in [-0.3, -0.25) is 9.59 Å². The van der Waals surface area contributed by atoms with E-state index in [1.54, 1.807) is 7.11 Å². The Balaban J connectivity index is 1.84. The van der Waals surface area contributed by atoms with Crippen molar-refractivity contribution in [3.8, 4) is 11.5 Å². The predicted octanol–water partition coefficient (Wildman–Crippen LogP) is 4.11. The molecule has 5 rings (SSSR count). The molecule has 0 fully saturated rings. The van der Waals surface area contributed by atoms with Crippen LogP contribution in [0.2, 0.25) is 0 Å². The van der Waals surface area contributed by atoms with Crippen molar-refractivity contribution in [1.29, 1.82) is 0 Å². The van der Waals surface area contributed by atoms with Crippen LogP contribution in [0.25, 0.3) is 10.8 Å². The molecule has 0 amide bonds. The zero-order valence-electron chi connectivity index (χ0n) is 17.5. The largest absolute Gasteiger partial charge is 0.493 e. The summed E-state index contributed by atoms with van der Waals surface area (Å²) < 4.78 is 23.1. The molecule has 0 spiro atoms. The summed E-state index contributed by atoms with van der Waals surface area (Å²) in [6.45, 7) is 4.10. The molecule has 3 atom stereocenters. The van der Waals surface area contributed by atoms with Crippen molar-refractivity contribution in [3.05, 3.63) is 47.2 Å². The molecule has 1 unspecified atom stereocenters. The van der Waals surface area contributed by atoms with E-state index in [0.29, 0.717) is 35.7 Å².